The molecule has 1 aliphatic heterocycles. The monoisotopic (exact) mass is 260 g/mol. The van der Waals surface area contributed by atoms with Gasteiger partial charge in [-0.3, -0.25) is 4.79 Å². The van der Waals surface area contributed by atoms with Crippen LogP contribution in [0.3, 0.4) is 0 Å². The van der Waals surface area contributed by atoms with E-state index in [2.05, 4.69) is 15.3 Å². The minimum atomic E-state index is 0.118. The molecule has 100 valence electrons. The summed E-state index contributed by atoms with van der Waals surface area (Å²) in [6, 6.07) is 3.78. The minimum absolute atomic E-state index is 0.118. The fourth-order valence-corrected chi connectivity index (χ4v) is 2.17. The van der Waals surface area contributed by atoms with E-state index in [1.165, 1.54) is 0 Å². The number of fused-ring (bicyclic) bond motifs is 1. The van der Waals surface area contributed by atoms with Crippen LogP contribution in [0.4, 0.5) is 5.82 Å². The first-order chi connectivity index (χ1) is 9.19. The van der Waals surface area contributed by atoms with Crippen LogP contribution in [-0.4, -0.2) is 57.3 Å². The molecule has 0 bridgehead atoms. The molecular weight excluding hydrogens is 244 g/mol. The summed E-state index contributed by atoms with van der Waals surface area (Å²) < 4.78 is 1.75. The van der Waals surface area contributed by atoms with Gasteiger partial charge in [0.15, 0.2) is 11.5 Å². The molecule has 0 aromatic carbocycles. The first-order valence-electron chi connectivity index (χ1n) is 6.39. The maximum Gasteiger partial charge on any atom is 0.241 e. The highest BCUT2D eigenvalue weighted by molar-refractivity contribution is 5.82. The highest BCUT2D eigenvalue weighted by atomic mass is 16.2. The molecule has 0 unspecified atom stereocenters. The van der Waals surface area contributed by atoms with Gasteiger partial charge in [-0.1, -0.05) is 6.92 Å². The number of hydrogen-bond acceptors (Lipinski definition) is 5. The summed E-state index contributed by atoms with van der Waals surface area (Å²) in [7, 11) is 1.82. The van der Waals surface area contributed by atoms with Crippen LogP contribution in [0.1, 0.15) is 12.7 Å². The number of rotatable bonds is 2. The van der Waals surface area contributed by atoms with Crippen molar-refractivity contribution in [1.82, 2.24) is 24.7 Å². The van der Waals surface area contributed by atoms with Crippen LogP contribution in [0.25, 0.3) is 5.65 Å². The Kier molecular flexibility index (Phi) is 2.81. The third-order valence-corrected chi connectivity index (χ3v) is 3.41. The molecule has 7 nitrogen and oxygen atoms in total. The molecule has 0 saturated carbocycles. The molecule has 1 fully saturated rings. The number of amides is 1. The SMILES string of the molecule is CCc1nnc2ccc(N3CCN(C)C(=O)C3)nn12. The average Bonchev–Trinajstić information content (AvgIpc) is 2.84. The quantitative estimate of drug-likeness (QED) is 0.758. The smallest absolute Gasteiger partial charge is 0.241 e. The van der Waals surface area contributed by atoms with E-state index < -0.39 is 0 Å². The Hall–Kier alpha value is -2.18. The van der Waals surface area contributed by atoms with Crippen molar-refractivity contribution in [3.63, 3.8) is 0 Å². The molecule has 1 amide bonds. The van der Waals surface area contributed by atoms with Gasteiger partial charge in [0.1, 0.15) is 5.82 Å². The Morgan fingerprint density at radius 1 is 1.26 bits per heavy atom. The van der Waals surface area contributed by atoms with E-state index in [4.69, 9.17) is 0 Å². The fourth-order valence-electron chi connectivity index (χ4n) is 2.17. The van der Waals surface area contributed by atoms with Crippen LogP contribution >= 0.6 is 0 Å². The highest BCUT2D eigenvalue weighted by Crippen LogP contribution is 2.14. The van der Waals surface area contributed by atoms with E-state index in [1.54, 1.807) is 9.42 Å². The maximum atomic E-state index is 11.7. The molecule has 7 heteroatoms. The van der Waals surface area contributed by atoms with Gasteiger partial charge in [0, 0.05) is 26.6 Å². The van der Waals surface area contributed by atoms with E-state index in [9.17, 15) is 4.79 Å². The number of likely N-dealkylation sites (N-methyl/N-ethyl adjacent to an activating group) is 1. The second-order valence-corrected chi connectivity index (χ2v) is 4.67. The Labute approximate surface area is 110 Å². The Morgan fingerprint density at radius 2 is 2.11 bits per heavy atom. The number of hydrogen-bond donors (Lipinski definition) is 0. The largest absolute Gasteiger partial charge is 0.344 e. The minimum Gasteiger partial charge on any atom is -0.344 e. The Balaban J connectivity index is 1.94. The maximum absolute atomic E-state index is 11.7. The number of anilines is 1. The summed E-state index contributed by atoms with van der Waals surface area (Å²) in [5, 5.41) is 12.7. The zero-order valence-corrected chi connectivity index (χ0v) is 11.1. The number of piperazine rings is 1. The molecule has 3 heterocycles. The van der Waals surface area contributed by atoms with Gasteiger partial charge < -0.3 is 9.80 Å². The van der Waals surface area contributed by atoms with Gasteiger partial charge in [0.05, 0.1) is 6.54 Å². The van der Waals surface area contributed by atoms with Crippen LogP contribution in [0.15, 0.2) is 12.1 Å². The van der Waals surface area contributed by atoms with E-state index in [0.717, 1.165) is 36.8 Å². The predicted octanol–water partition coefficient (Wildman–Crippen LogP) is -0.0349. The van der Waals surface area contributed by atoms with E-state index >= 15 is 0 Å². The molecule has 0 radical (unpaired) electrons. The number of aryl methyl sites for hydroxylation is 1. The summed E-state index contributed by atoms with van der Waals surface area (Å²) in [6.45, 7) is 3.91. The van der Waals surface area contributed by atoms with Gasteiger partial charge in [-0.05, 0) is 12.1 Å². The van der Waals surface area contributed by atoms with Crippen LogP contribution < -0.4 is 4.90 Å². The lowest BCUT2D eigenvalue weighted by molar-refractivity contribution is -0.129. The van der Waals surface area contributed by atoms with Crippen LogP contribution in [0, 0.1) is 0 Å². The van der Waals surface area contributed by atoms with Gasteiger partial charge >= 0.3 is 0 Å². The van der Waals surface area contributed by atoms with Crippen LogP contribution in [-0.2, 0) is 11.2 Å². The molecular formula is C12H16N6O. The third kappa shape index (κ3) is 2.00. The molecule has 3 rings (SSSR count). The van der Waals surface area contributed by atoms with E-state index in [1.807, 2.05) is 31.0 Å². The molecule has 19 heavy (non-hydrogen) atoms. The lowest BCUT2D eigenvalue weighted by Crippen LogP contribution is -2.48. The van der Waals surface area contributed by atoms with Gasteiger partial charge in [-0.25, -0.2) is 0 Å². The number of carbonyl (C=O) groups is 1. The number of aromatic nitrogens is 4. The molecule has 0 spiro atoms. The zero-order chi connectivity index (χ0) is 13.4. The lowest BCUT2D eigenvalue weighted by atomic mass is 10.3. The third-order valence-electron chi connectivity index (χ3n) is 3.41. The lowest BCUT2D eigenvalue weighted by Gasteiger charge is -2.32. The van der Waals surface area contributed by atoms with Gasteiger partial charge in [-0.15, -0.1) is 15.3 Å². The predicted molar refractivity (Wildman–Crippen MR) is 70.0 cm³/mol. The van der Waals surface area contributed by atoms with Crippen molar-refractivity contribution in [2.45, 2.75) is 13.3 Å². The summed E-state index contributed by atoms with van der Waals surface area (Å²) >= 11 is 0. The Bertz CT molecular complexity index is 622. The van der Waals surface area contributed by atoms with E-state index in [-0.39, 0.29) is 5.91 Å². The molecule has 2 aromatic rings. The van der Waals surface area contributed by atoms with Gasteiger partial charge in [0.2, 0.25) is 5.91 Å². The van der Waals surface area contributed by atoms with Crippen molar-refractivity contribution in [1.29, 1.82) is 0 Å². The Morgan fingerprint density at radius 3 is 2.84 bits per heavy atom. The molecule has 2 aromatic heterocycles. The second kappa shape index (κ2) is 4.49. The topological polar surface area (TPSA) is 66.6 Å². The van der Waals surface area contributed by atoms with Crippen LogP contribution in [0.5, 0.6) is 0 Å². The molecule has 1 aliphatic rings. The van der Waals surface area contributed by atoms with E-state index in [0.29, 0.717) is 6.54 Å². The standard InChI is InChI=1S/C12H16N6O/c1-3-9-13-14-10-4-5-11(15-18(9)10)17-7-6-16(2)12(19)8-17/h4-5H,3,6-8H2,1-2H3. The zero-order valence-electron chi connectivity index (χ0n) is 11.1. The highest BCUT2D eigenvalue weighted by Gasteiger charge is 2.22. The van der Waals surface area contributed by atoms with Crippen molar-refractivity contribution < 1.29 is 4.79 Å². The van der Waals surface area contributed by atoms with Crippen molar-refractivity contribution in [3.8, 4) is 0 Å². The fraction of sp³-hybridized carbons (Fsp3) is 0.500. The van der Waals surface area contributed by atoms with Crippen molar-refractivity contribution in [3.05, 3.63) is 18.0 Å². The second-order valence-electron chi connectivity index (χ2n) is 4.67. The normalized spacial score (nSPS) is 16.4. The van der Waals surface area contributed by atoms with Crippen molar-refractivity contribution >= 4 is 17.4 Å². The van der Waals surface area contributed by atoms with Crippen molar-refractivity contribution in [2.75, 3.05) is 31.6 Å². The molecule has 0 N–H and O–H groups in total. The van der Waals surface area contributed by atoms with Crippen LogP contribution in [0.2, 0.25) is 0 Å². The molecule has 1 saturated heterocycles. The molecule has 0 aliphatic carbocycles. The first kappa shape index (κ1) is 11.9. The number of nitrogens with zero attached hydrogens (tertiary/aromatic N) is 6. The summed E-state index contributed by atoms with van der Waals surface area (Å²) in [6.07, 6.45) is 0.777. The summed E-state index contributed by atoms with van der Waals surface area (Å²) in [5.74, 6) is 1.74. The average molecular weight is 260 g/mol. The van der Waals surface area contributed by atoms with Gasteiger partial charge in [0.25, 0.3) is 0 Å². The first-order valence-corrected chi connectivity index (χ1v) is 6.39. The van der Waals surface area contributed by atoms with Gasteiger partial charge in [-0.2, -0.15) is 4.52 Å². The number of carbonyl (C=O) groups excluding carboxylic acids is 1. The molecule has 0 atom stereocenters. The summed E-state index contributed by atoms with van der Waals surface area (Å²) in [4.78, 5) is 15.5. The van der Waals surface area contributed by atoms with Crippen molar-refractivity contribution in [2.24, 2.45) is 0 Å². The summed E-state index contributed by atoms with van der Waals surface area (Å²) in [5.41, 5.74) is 0.737.